The molecule has 0 atom stereocenters. The summed E-state index contributed by atoms with van der Waals surface area (Å²) in [6.45, 7) is 3.95. The second kappa shape index (κ2) is 8.29. The monoisotopic (exact) mass is 404 g/mol. The molecule has 0 aliphatic rings. The van der Waals surface area contributed by atoms with Gasteiger partial charge in [-0.05, 0) is 49.2 Å². The molecule has 0 aliphatic heterocycles. The van der Waals surface area contributed by atoms with Crippen molar-refractivity contribution in [1.29, 1.82) is 0 Å². The van der Waals surface area contributed by atoms with Crippen LogP contribution in [-0.2, 0) is 18.0 Å². The quantitative estimate of drug-likeness (QED) is 0.335. The van der Waals surface area contributed by atoms with Gasteiger partial charge in [-0.2, -0.15) is 0 Å². The third-order valence-electron chi connectivity index (χ3n) is 4.86. The SMILES string of the molecule is Cc1ccc2c(COC(=O)c3ccc(COc4ccccc4)o3)cc(=O)oc2c1C. The van der Waals surface area contributed by atoms with Crippen molar-refractivity contribution in [3.63, 3.8) is 0 Å². The standard InChI is InChI=1S/C24H20O6/c1-15-8-10-20-17(12-22(25)30-23(20)16(15)2)13-28-24(26)21-11-9-19(29-21)14-27-18-6-4-3-5-7-18/h3-12H,13-14H2,1-2H3. The number of rotatable bonds is 6. The predicted molar refractivity (Wildman–Crippen MR) is 111 cm³/mol. The molecule has 0 saturated heterocycles. The van der Waals surface area contributed by atoms with E-state index in [1.165, 1.54) is 12.1 Å². The summed E-state index contributed by atoms with van der Waals surface area (Å²) in [4.78, 5) is 24.3. The van der Waals surface area contributed by atoms with Gasteiger partial charge in [-0.3, -0.25) is 0 Å². The van der Waals surface area contributed by atoms with E-state index in [1.807, 2.05) is 56.3 Å². The number of fused-ring (bicyclic) bond motifs is 1. The molecule has 0 N–H and O–H groups in total. The van der Waals surface area contributed by atoms with Crippen molar-refractivity contribution < 1.29 is 23.1 Å². The normalized spacial score (nSPS) is 10.9. The fourth-order valence-electron chi connectivity index (χ4n) is 3.09. The number of furan rings is 1. The Morgan fingerprint density at radius 1 is 0.933 bits per heavy atom. The molecule has 6 heteroatoms. The van der Waals surface area contributed by atoms with Gasteiger partial charge in [0.15, 0.2) is 0 Å². The summed E-state index contributed by atoms with van der Waals surface area (Å²) in [5.74, 6) is 0.660. The molecule has 2 aromatic heterocycles. The Morgan fingerprint density at radius 3 is 2.53 bits per heavy atom. The number of carbonyl (C=O) groups is 1. The Bertz CT molecular complexity index is 1250. The van der Waals surface area contributed by atoms with E-state index in [9.17, 15) is 9.59 Å². The number of benzene rings is 2. The number of aryl methyl sites for hydroxylation is 2. The molecule has 4 aromatic rings. The average Bonchev–Trinajstić information content (AvgIpc) is 3.23. The van der Waals surface area contributed by atoms with E-state index in [-0.39, 0.29) is 19.0 Å². The number of ether oxygens (including phenoxy) is 2. The first-order valence-electron chi connectivity index (χ1n) is 9.48. The lowest BCUT2D eigenvalue weighted by Gasteiger charge is -2.09. The molecular formula is C24H20O6. The largest absolute Gasteiger partial charge is 0.486 e. The highest BCUT2D eigenvalue weighted by atomic mass is 16.5. The fourth-order valence-corrected chi connectivity index (χ4v) is 3.09. The highest BCUT2D eigenvalue weighted by Crippen LogP contribution is 2.24. The molecule has 0 radical (unpaired) electrons. The lowest BCUT2D eigenvalue weighted by atomic mass is 10.0. The molecule has 2 aromatic carbocycles. The van der Waals surface area contributed by atoms with Crippen molar-refractivity contribution in [3.05, 3.63) is 99.3 Å². The first-order valence-corrected chi connectivity index (χ1v) is 9.48. The molecular weight excluding hydrogens is 384 g/mol. The second-order valence-corrected chi connectivity index (χ2v) is 6.92. The molecule has 0 unspecified atom stereocenters. The number of carbonyl (C=O) groups excluding carboxylic acids is 1. The molecule has 0 saturated carbocycles. The van der Waals surface area contributed by atoms with Crippen LogP contribution in [0.1, 0.15) is 33.0 Å². The van der Waals surface area contributed by atoms with Crippen LogP contribution in [0.4, 0.5) is 0 Å². The Morgan fingerprint density at radius 2 is 1.73 bits per heavy atom. The maximum absolute atomic E-state index is 12.4. The van der Waals surface area contributed by atoms with Crippen molar-refractivity contribution >= 4 is 16.9 Å². The van der Waals surface area contributed by atoms with E-state index in [1.54, 1.807) is 6.07 Å². The Hall–Kier alpha value is -3.80. The number of esters is 1. The van der Waals surface area contributed by atoms with Gasteiger partial charge in [0.05, 0.1) is 0 Å². The lowest BCUT2D eigenvalue weighted by Crippen LogP contribution is -2.08. The zero-order chi connectivity index (χ0) is 21.1. The Kier molecular flexibility index (Phi) is 5.39. The van der Waals surface area contributed by atoms with Gasteiger partial charge in [0, 0.05) is 17.0 Å². The molecule has 6 nitrogen and oxygen atoms in total. The topological polar surface area (TPSA) is 78.9 Å². The van der Waals surface area contributed by atoms with Crippen LogP contribution in [0.15, 0.2) is 74.3 Å². The van der Waals surface area contributed by atoms with E-state index in [2.05, 4.69) is 0 Å². The van der Waals surface area contributed by atoms with Crippen molar-refractivity contribution in [3.8, 4) is 5.75 Å². The summed E-state index contributed by atoms with van der Waals surface area (Å²) in [6.07, 6.45) is 0. The molecule has 152 valence electrons. The van der Waals surface area contributed by atoms with Crippen molar-refractivity contribution in [2.75, 3.05) is 0 Å². The average molecular weight is 404 g/mol. The second-order valence-electron chi connectivity index (χ2n) is 6.92. The fraction of sp³-hybridized carbons (Fsp3) is 0.167. The number of para-hydroxylation sites is 1. The van der Waals surface area contributed by atoms with E-state index in [0.29, 0.717) is 22.7 Å². The summed E-state index contributed by atoms with van der Waals surface area (Å²) in [5.41, 5.74) is 2.50. The molecule has 0 spiro atoms. The maximum atomic E-state index is 12.4. The van der Waals surface area contributed by atoms with Crippen LogP contribution < -0.4 is 10.4 Å². The van der Waals surface area contributed by atoms with Crippen molar-refractivity contribution in [2.45, 2.75) is 27.1 Å². The van der Waals surface area contributed by atoms with Crippen LogP contribution in [0, 0.1) is 13.8 Å². The first-order chi connectivity index (χ1) is 14.5. The highest BCUT2D eigenvalue weighted by Gasteiger charge is 2.16. The van der Waals surface area contributed by atoms with Crippen LogP contribution in [0.25, 0.3) is 11.0 Å². The van der Waals surface area contributed by atoms with Crippen LogP contribution in [0.3, 0.4) is 0 Å². The zero-order valence-electron chi connectivity index (χ0n) is 16.6. The van der Waals surface area contributed by atoms with Crippen LogP contribution in [0.2, 0.25) is 0 Å². The number of hydrogen-bond acceptors (Lipinski definition) is 6. The van der Waals surface area contributed by atoms with Crippen LogP contribution in [0.5, 0.6) is 5.75 Å². The Labute approximate surface area is 172 Å². The van der Waals surface area contributed by atoms with Gasteiger partial charge in [-0.25, -0.2) is 9.59 Å². The third-order valence-corrected chi connectivity index (χ3v) is 4.86. The van der Waals surface area contributed by atoms with E-state index in [4.69, 9.17) is 18.3 Å². The molecule has 2 heterocycles. The highest BCUT2D eigenvalue weighted by molar-refractivity contribution is 5.87. The molecule has 4 rings (SSSR count). The lowest BCUT2D eigenvalue weighted by molar-refractivity contribution is 0.0433. The molecule has 30 heavy (non-hydrogen) atoms. The third kappa shape index (κ3) is 4.12. The summed E-state index contributed by atoms with van der Waals surface area (Å²) >= 11 is 0. The van der Waals surface area contributed by atoms with Gasteiger partial charge < -0.3 is 18.3 Å². The molecule has 0 bridgehead atoms. The van der Waals surface area contributed by atoms with Crippen LogP contribution in [-0.4, -0.2) is 5.97 Å². The molecule has 0 amide bonds. The van der Waals surface area contributed by atoms with Crippen molar-refractivity contribution in [1.82, 2.24) is 0 Å². The van der Waals surface area contributed by atoms with E-state index < -0.39 is 11.6 Å². The first kappa shape index (κ1) is 19.5. The smallest absolute Gasteiger partial charge is 0.374 e. The minimum atomic E-state index is -0.619. The van der Waals surface area contributed by atoms with Crippen LogP contribution >= 0.6 is 0 Å². The van der Waals surface area contributed by atoms with Gasteiger partial charge in [-0.15, -0.1) is 0 Å². The summed E-state index contributed by atoms with van der Waals surface area (Å²) in [5, 5.41) is 0.738. The minimum absolute atomic E-state index is 0.0695. The maximum Gasteiger partial charge on any atom is 0.374 e. The van der Waals surface area contributed by atoms with E-state index in [0.717, 1.165) is 16.5 Å². The van der Waals surface area contributed by atoms with Gasteiger partial charge in [0.2, 0.25) is 5.76 Å². The zero-order valence-corrected chi connectivity index (χ0v) is 16.6. The molecule has 0 fully saturated rings. The minimum Gasteiger partial charge on any atom is -0.486 e. The summed E-state index contributed by atoms with van der Waals surface area (Å²) in [7, 11) is 0. The van der Waals surface area contributed by atoms with Gasteiger partial charge >= 0.3 is 11.6 Å². The van der Waals surface area contributed by atoms with Gasteiger partial charge in [-0.1, -0.05) is 30.3 Å². The summed E-state index contributed by atoms with van der Waals surface area (Å²) < 4.78 is 21.8. The van der Waals surface area contributed by atoms with E-state index >= 15 is 0 Å². The van der Waals surface area contributed by atoms with Crippen molar-refractivity contribution in [2.24, 2.45) is 0 Å². The Balaban J connectivity index is 1.45. The predicted octanol–water partition coefficient (Wildman–Crippen LogP) is 4.94. The summed E-state index contributed by atoms with van der Waals surface area (Å²) in [6, 6.07) is 17.7. The van der Waals surface area contributed by atoms with Gasteiger partial charge in [0.25, 0.3) is 0 Å². The number of hydrogen-bond donors (Lipinski definition) is 0. The molecule has 0 aliphatic carbocycles. The van der Waals surface area contributed by atoms with Gasteiger partial charge in [0.1, 0.15) is 30.3 Å².